The van der Waals surface area contributed by atoms with Gasteiger partial charge in [-0.2, -0.15) is 0 Å². The molecule has 0 amide bonds. The van der Waals surface area contributed by atoms with E-state index in [9.17, 15) is 8.42 Å². The average Bonchev–Trinajstić information content (AvgIpc) is 2.69. The Morgan fingerprint density at radius 1 is 1.32 bits per heavy atom. The van der Waals surface area contributed by atoms with Crippen molar-refractivity contribution in [1.29, 1.82) is 0 Å². The summed E-state index contributed by atoms with van der Waals surface area (Å²) in [6.07, 6.45) is 1.41. The Morgan fingerprint density at radius 2 is 2.00 bits per heavy atom. The van der Waals surface area contributed by atoms with Crippen LogP contribution < -0.4 is 10.0 Å². The predicted molar refractivity (Wildman–Crippen MR) is 79.8 cm³/mol. The third-order valence-electron chi connectivity index (χ3n) is 3.40. The predicted octanol–water partition coefficient (Wildman–Crippen LogP) is 2.40. The maximum absolute atomic E-state index is 12.4. The molecule has 2 N–H and O–H groups in total. The molecule has 0 unspecified atom stereocenters. The van der Waals surface area contributed by atoms with Gasteiger partial charge in [-0.25, -0.2) is 8.42 Å². The van der Waals surface area contributed by atoms with Gasteiger partial charge in [-0.3, -0.25) is 4.31 Å². The van der Waals surface area contributed by atoms with E-state index < -0.39 is 10.0 Å². The fourth-order valence-corrected chi connectivity index (χ4v) is 4.16. The normalized spacial score (nSPS) is 15.6. The van der Waals surface area contributed by atoms with Crippen LogP contribution in [0.3, 0.4) is 0 Å². The SMILES string of the molecule is CC(C)(C)CCS(=O)(=O)N1CCc2cc(N)ccc21. The first-order chi connectivity index (χ1) is 8.69. The van der Waals surface area contributed by atoms with E-state index in [2.05, 4.69) is 20.8 Å². The van der Waals surface area contributed by atoms with E-state index in [0.29, 0.717) is 18.7 Å². The lowest BCUT2D eigenvalue weighted by Gasteiger charge is -2.23. The van der Waals surface area contributed by atoms with E-state index in [4.69, 9.17) is 5.73 Å². The Kier molecular flexibility index (Phi) is 3.51. The molecule has 0 bridgehead atoms. The fourth-order valence-electron chi connectivity index (χ4n) is 2.23. The highest BCUT2D eigenvalue weighted by atomic mass is 32.2. The number of hydrogen-bond acceptors (Lipinski definition) is 3. The second-order valence-electron chi connectivity index (χ2n) is 6.34. The first-order valence-electron chi connectivity index (χ1n) is 6.58. The highest BCUT2D eigenvalue weighted by Gasteiger charge is 2.30. The van der Waals surface area contributed by atoms with Gasteiger partial charge < -0.3 is 5.73 Å². The van der Waals surface area contributed by atoms with Crippen LogP contribution in [0.25, 0.3) is 0 Å². The van der Waals surface area contributed by atoms with E-state index >= 15 is 0 Å². The molecule has 1 aromatic carbocycles. The molecule has 1 aliphatic rings. The van der Waals surface area contributed by atoms with Crippen LogP contribution in [0.5, 0.6) is 0 Å². The van der Waals surface area contributed by atoms with E-state index in [0.717, 1.165) is 17.7 Å². The number of nitrogen functional groups attached to an aromatic ring is 1. The van der Waals surface area contributed by atoms with Crippen LogP contribution in [-0.2, 0) is 16.4 Å². The van der Waals surface area contributed by atoms with E-state index in [1.54, 1.807) is 6.07 Å². The lowest BCUT2D eigenvalue weighted by atomic mass is 9.94. The molecule has 0 fully saturated rings. The minimum Gasteiger partial charge on any atom is -0.399 e. The third-order valence-corrected chi connectivity index (χ3v) is 5.17. The van der Waals surface area contributed by atoms with Crippen molar-refractivity contribution in [3.05, 3.63) is 23.8 Å². The van der Waals surface area contributed by atoms with Crippen molar-refractivity contribution < 1.29 is 8.42 Å². The molecular formula is C14H22N2O2S. The molecule has 0 aromatic heterocycles. The summed E-state index contributed by atoms with van der Waals surface area (Å²) >= 11 is 0. The zero-order valence-corrected chi connectivity index (χ0v) is 12.6. The summed E-state index contributed by atoms with van der Waals surface area (Å²) in [6.45, 7) is 6.70. The summed E-state index contributed by atoms with van der Waals surface area (Å²) in [5, 5.41) is 0. The maximum atomic E-state index is 12.4. The molecule has 0 atom stereocenters. The Morgan fingerprint density at radius 3 is 2.63 bits per heavy atom. The molecule has 0 aliphatic carbocycles. The van der Waals surface area contributed by atoms with E-state index in [-0.39, 0.29) is 11.2 Å². The van der Waals surface area contributed by atoms with Crippen LogP contribution in [-0.4, -0.2) is 20.7 Å². The third kappa shape index (κ3) is 3.21. The second kappa shape index (κ2) is 4.71. The first kappa shape index (κ1) is 14.2. The van der Waals surface area contributed by atoms with Gasteiger partial charge in [0.25, 0.3) is 0 Å². The fraction of sp³-hybridized carbons (Fsp3) is 0.571. The Bertz CT molecular complexity index is 574. The van der Waals surface area contributed by atoms with Crippen LogP contribution in [0.1, 0.15) is 32.8 Å². The number of anilines is 2. The van der Waals surface area contributed by atoms with Gasteiger partial charge in [0.15, 0.2) is 0 Å². The van der Waals surface area contributed by atoms with Gasteiger partial charge >= 0.3 is 0 Å². The van der Waals surface area contributed by atoms with Crippen molar-refractivity contribution in [2.75, 3.05) is 22.3 Å². The minimum atomic E-state index is -3.23. The molecule has 0 saturated carbocycles. The van der Waals surface area contributed by atoms with Gasteiger partial charge in [0.2, 0.25) is 10.0 Å². The van der Waals surface area contributed by atoms with Crippen LogP contribution in [0, 0.1) is 5.41 Å². The summed E-state index contributed by atoms with van der Waals surface area (Å²) in [7, 11) is -3.23. The number of rotatable bonds is 3. The van der Waals surface area contributed by atoms with E-state index in [1.165, 1.54) is 4.31 Å². The van der Waals surface area contributed by atoms with Crippen molar-refractivity contribution in [2.45, 2.75) is 33.6 Å². The lowest BCUT2D eigenvalue weighted by molar-refractivity contribution is 0.397. The molecule has 0 saturated heterocycles. The number of fused-ring (bicyclic) bond motifs is 1. The van der Waals surface area contributed by atoms with Crippen molar-refractivity contribution in [2.24, 2.45) is 5.41 Å². The molecule has 4 nitrogen and oxygen atoms in total. The quantitative estimate of drug-likeness (QED) is 0.866. The van der Waals surface area contributed by atoms with Crippen molar-refractivity contribution in [3.63, 3.8) is 0 Å². The average molecular weight is 282 g/mol. The monoisotopic (exact) mass is 282 g/mol. The number of benzene rings is 1. The summed E-state index contributed by atoms with van der Waals surface area (Å²) < 4.78 is 26.4. The number of hydrogen-bond donors (Lipinski definition) is 1. The van der Waals surface area contributed by atoms with Gasteiger partial charge in [-0.1, -0.05) is 20.8 Å². The second-order valence-corrected chi connectivity index (χ2v) is 8.35. The Hall–Kier alpha value is -1.23. The van der Waals surface area contributed by atoms with Crippen LogP contribution in [0.2, 0.25) is 0 Å². The molecule has 0 spiro atoms. The molecule has 1 aliphatic heterocycles. The molecule has 5 heteroatoms. The zero-order chi connectivity index (χ0) is 14.3. The smallest absolute Gasteiger partial charge is 0.235 e. The standard InChI is InChI=1S/C14H22N2O2S/c1-14(2,3)7-9-19(17,18)16-8-6-11-10-12(15)4-5-13(11)16/h4-5,10H,6-9,15H2,1-3H3. The number of nitrogens with two attached hydrogens (primary N) is 1. The van der Waals surface area contributed by atoms with Gasteiger partial charge in [0.05, 0.1) is 11.4 Å². The van der Waals surface area contributed by atoms with Gasteiger partial charge in [0, 0.05) is 12.2 Å². The summed E-state index contributed by atoms with van der Waals surface area (Å²) in [6, 6.07) is 5.44. The van der Waals surface area contributed by atoms with Gasteiger partial charge in [-0.05, 0) is 42.0 Å². The maximum Gasteiger partial charge on any atom is 0.235 e. The summed E-state index contributed by atoms with van der Waals surface area (Å²) in [4.78, 5) is 0. The molecule has 0 radical (unpaired) electrons. The summed E-state index contributed by atoms with van der Waals surface area (Å²) in [5.41, 5.74) is 8.27. The van der Waals surface area contributed by atoms with Crippen LogP contribution >= 0.6 is 0 Å². The Balaban J connectivity index is 2.21. The zero-order valence-electron chi connectivity index (χ0n) is 11.8. The first-order valence-corrected chi connectivity index (χ1v) is 8.19. The molecular weight excluding hydrogens is 260 g/mol. The summed E-state index contributed by atoms with van der Waals surface area (Å²) in [5.74, 6) is 0.195. The minimum absolute atomic E-state index is 0.0245. The Labute approximate surface area is 115 Å². The van der Waals surface area contributed by atoms with Crippen molar-refractivity contribution in [3.8, 4) is 0 Å². The number of sulfonamides is 1. The number of nitrogens with zero attached hydrogens (tertiary/aromatic N) is 1. The topological polar surface area (TPSA) is 63.4 Å². The molecule has 1 aromatic rings. The van der Waals surface area contributed by atoms with Crippen molar-refractivity contribution in [1.82, 2.24) is 0 Å². The highest BCUT2D eigenvalue weighted by molar-refractivity contribution is 7.92. The van der Waals surface area contributed by atoms with Gasteiger partial charge in [-0.15, -0.1) is 0 Å². The largest absolute Gasteiger partial charge is 0.399 e. The lowest BCUT2D eigenvalue weighted by Crippen LogP contribution is -2.32. The van der Waals surface area contributed by atoms with Gasteiger partial charge in [0.1, 0.15) is 0 Å². The molecule has 1 heterocycles. The van der Waals surface area contributed by atoms with Crippen molar-refractivity contribution >= 4 is 21.4 Å². The molecule has 19 heavy (non-hydrogen) atoms. The van der Waals surface area contributed by atoms with E-state index in [1.807, 2.05) is 12.1 Å². The highest BCUT2D eigenvalue weighted by Crippen LogP contribution is 2.32. The molecule has 2 rings (SSSR count). The molecule has 106 valence electrons. The van der Waals surface area contributed by atoms with Crippen LogP contribution in [0.15, 0.2) is 18.2 Å². The van der Waals surface area contributed by atoms with Crippen LogP contribution in [0.4, 0.5) is 11.4 Å².